The van der Waals surface area contributed by atoms with Gasteiger partial charge in [-0.2, -0.15) is 0 Å². The molecule has 6 aliphatic rings. The Balaban J connectivity index is 0.000000128. The highest BCUT2D eigenvalue weighted by Crippen LogP contribution is 2.39. The lowest BCUT2D eigenvalue weighted by Gasteiger charge is -2.24. The van der Waals surface area contributed by atoms with Crippen molar-refractivity contribution in [2.75, 3.05) is 0 Å². The van der Waals surface area contributed by atoms with E-state index in [1.54, 1.807) is 0 Å². The van der Waals surface area contributed by atoms with E-state index in [1.165, 1.54) is 61.2 Å². The lowest BCUT2D eigenvalue weighted by atomic mass is 9.81. The number of benzene rings is 10. The first-order valence-electron chi connectivity index (χ1n) is 36.0. The SMILES string of the molecule is CC(c1ccccc1)c1c(Cl)ccc2c1CCC(=O)C2.O=C1CCc2c(ccc(Cl)c2/C=C/c2ccccc2)C1.O=C1CCc2c(ccc(Cl)c2Br)C1.O=C1CCc2c(ccc(Cl)c2CCc2ccccc2)C1.O=C1CCc2cc(Cl)c(/C=C/c3ccccc3)cc2C1.O=C1CCc2cc(Cl)c(Br)cc2C1. The molecule has 0 fully saturated rings. The number of hydrogen-bond donors (Lipinski definition) is 0. The van der Waals surface area contributed by atoms with Gasteiger partial charge in [0.1, 0.15) is 34.7 Å². The minimum absolute atomic E-state index is 0.256. The van der Waals surface area contributed by atoms with Crippen LogP contribution < -0.4 is 0 Å². The first-order valence-corrected chi connectivity index (χ1v) is 39.9. The van der Waals surface area contributed by atoms with Crippen molar-refractivity contribution >= 4 is 160 Å². The highest BCUT2D eigenvalue weighted by molar-refractivity contribution is 9.11. The van der Waals surface area contributed by atoms with Crippen LogP contribution in [0.4, 0.5) is 0 Å². The van der Waals surface area contributed by atoms with Crippen molar-refractivity contribution in [1.29, 1.82) is 0 Å². The molecule has 1 unspecified atom stereocenters. The van der Waals surface area contributed by atoms with Gasteiger partial charge < -0.3 is 0 Å². The number of carbonyl (C=O) groups is 6. The molecule has 0 aromatic heterocycles. The van der Waals surface area contributed by atoms with Crippen molar-refractivity contribution in [2.45, 2.75) is 141 Å². The highest BCUT2D eigenvalue weighted by atomic mass is 79.9. The van der Waals surface area contributed by atoms with Crippen LogP contribution in [0.2, 0.25) is 30.1 Å². The van der Waals surface area contributed by atoms with Gasteiger partial charge in [0.05, 0.1) is 10.0 Å². The summed E-state index contributed by atoms with van der Waals surface area (Å²) in [6.07, 6.45) is 22.2. The van der Waals surface area contributed by atoms with E-state index in [9.17, 15) is 28.8 Å². The van der Waals surface area contributed by atoms with Gasteiger partial charge in [-0.15, -0.1) is 0 Å². The maximum atomic E-state index is 11.6. The molecule has 0 N–H and O–H groups in total. The Morgan fingerprint density at radius 2 is 0.736 bits per heavy atom. The van der Waals surface area contributed by atoms with Crippen LogP contribution in [0.3, 0.4) is 0 Å². The van der Waals surface area contributed by atoms with E-state index >= 15 is 0 Å². The second-order valence-corrected chi connectivity index (χ2v) is 31.5. The Morgan fingerprint density at radius 3 is 1.29 bits per heavy atom. The quantitative estimate of drug-likeness (QED) is 0.133. The summed E-state index contributed by atoms with van der Waals surface area (Å²) in [5, 5.41) is 4.63. The number of aryl methyl sites for hydroxylation is 3. The van der Waals surface area contributed by atoms with E-state index in [-0.39, 0.29) is 5.92 Å². The molecule has 0 radical (unpaired) electrons. The minimum Gasteiger partial charge on any atom is -0.299 e. The third-order valence-corrected chi connectivity index (χ3v) is 24.1. The van der Waals surface area contributed by atoms with Crippen molar-refractivity contribution in [2.24, 2.45) is 0 Å². The monoisotopic (exact) mass is 1650 g/mol. The van der Waals surface area contributed by atoms with Crippen LogP contribution in [0.25, 0.3) is 24.3 Å². The zero-order valence-electron chi connectivity index (χ0n) is 59.0. The molecule has 14 heteroatoms. The molecule has 106 heavy (non-hydrogen) atoms. The van der Waals surface area contributed by atoms with Gasteiger partial charge in [0.15, 0.2) is 0 Å². The average Bonchev–Trinajstić information content (AvgIpc) is 0.788. The van der Waals surface area contributed by atoms with Gasteiger partial charge in [-0.3, -0.25) is 28.8 Å². The summed E-state index contributed by atoms with van der Waals surface area (Å²) in [4.78, 5) is 68.6. The Hall–Kier alpha value is -7.60. The van der Waals surface area contributed by atoms with Crippen molar-refractivity contribution < 1.29 is 28.8 Å². The second kappa shape index (κ2) is 38.5. The molecule has 540 valence electrons. The number of ketones is 6. The van der Waals surface area contributed by atoms with E-state index in [0.717, 1.165) is 141 Å². The van der Waals surface area contributed by atoms with Gasteiger partial charge in [-0.05, 0) is 243 Å². The fourth-order valence-corrected chi connectivity index (χ4v) is 16.9. The van der Waals surface area contributed by atoms with Crippen LogP contribution in [0, 0.1) is 0 Å². The average molecular weight is 1650 g/mol. The number of carbonyl (C=O) groups excluding carboxylic acids is 6. The Labute approximate surface area is 669 Å². The van der Waals surface area contributed by atoms with Crippen molar-refractivity contribution in [1.82, 2.24) is 0 Å². The first kappa shape index (κ1) is 79.4. The molecule has 0 amide bonds. The molecule has 10 aromatic carbocycles. The Bertz CT molecular complexity index is 4940. The standard InChI is InChI=1S/2C18H17ClO.2C18H15ClO.2C10H8BrClO/c1-12(13-5-3-2-4-6-13)18-16-9-8-15(20)11-14(16)7-10-17(18)19;2*19-18-11-7-14-12-15(20)8-10-16(14)17(18)9-6-13-4-2-1-3-5-13;19-18-12-14-8-9-17(20)11-16(14)10-15(18)7-6-13-4-2-1-3-5-13;11-10-8-3-2-7(13)5-6(8)1-4-9(10)12;11-9-4-7-3-8(13)2-1-6(7)5-10(9)12/h2-7,10,12H,8-9,11H2,1H3;1-5,7,11H,6,8-10,12H2;1-7,9,11H,8,10,12H2;1-7,10,12H,8-9,11H2;1,4H,2-3,5H2;4-5H,1-3H2/b;;9-6+;7-6+;;. The molecular weight excluding hydrogens is 1570 g/mol. The normalized spacial score (nSPS) is 15.0. The molecule has 0 aliphatic heterocycles. The summed E-state index contributed by atoms with van der Waals surface area (Å²) < 4.78 is 1.83. The minimum atomic E-state index is 0.256. The van der Waals surface area contributed by atoms with Crippen LogP contribution in [0.5, 0.6) is 0 Å². The van der Waals surface area contributed by atoms with Crippen LogP contribution >= 0.6 is 101 Å². The van der Waals surface area contributed by atoms with E-state index in [4.69, 9.17) is 69.6 Å². The molecule has 0 saturated carbocycles. The van der Waals surface area contributed by atoms with Crippen LogP contribution in [-0.2, 0) is 119 Å². The number of halogens is 8. The topological polar surface area (TPSA) is 102 Å². The van der Waals surface area contributed by atoms with Crippen LogP contribution in [0.15, 0.2) is 203 Å². The molecule has 0 saturated heterocycles. The summed E-state index contributed by atoms with van der Waals surface area (Å²) >= 11 is 44.2. The lowest BCUT2D eigenvalue weighted by molar-refractivity contribution is -0.119. The van der Waals surface area contributed by atoms with Crippen molar-refractivity contribution in [3.8, 4) is 0 Å². The van der Waals surface area contributed by atoms with Gasteiger partial charge in [0.25, 0.3) is 0 Å². The number of hydrogen-bond acceptors (Lipinski definition) is 6. The van der Waals surface area contributed by atoms with Gasteiger partial charge in [-0.1, -0.05) is 246 Å². The molecule has 0 spiro atoms. The van der Waals surface area contributed by atoms with Gasteiger partial charge in [0, 0.05) is 112 Å². The van der Waals surface area contributed by atoms with E-state index in [2.05, 4.69) is 112 Å². The van der Waals surface area contributed by atoms with Gasteiger partial charge >= 0.3 is 0 Å². The van der Waals surface area contributed by atoms with Crippen LogP contribution in [-0.4, -0.2) is 34.7 Å². The third-order valence-electron chi connectivity index (χ3n) is 20.2. The Morgan fingerprint density at radius 1 is 0.330 bits per heavy atom. The van der Waals surface area contributed by atoms with Crippen molar-refractivity contribution in [3.63, 3.8) is 0 Å². The maximum absolute atomic E-state index is 11.6. The first-order chi connectivity index (χ1) is 51.2. The number of rotatable bonds is 9. The molecule has 10 aromatic rings. The molecule has 1 atom stereocenters. The Kier molecular flexibility index (Phi) is 28.8. The van der Waals surface area contributed by atoms with Crippen molar-refractivity contribution in [3.05, 3.63) is 344 Å². The summed E-state index contributed by atoms with van der Waals surface area (Å²) in [6, 6.07) is 64.6. The maximum Gasteiger partial charge on any atom is 0.137 e. The van der Waals surface area contributed by atoms with Gasteiger partial charge in [0.2, 0.25) is 0 Å². The smallest absolute Gasteiger partial charge is 0.137 e. The fraction of sp³-hybridized carbons (Fsp3) is 0.239. The van der Waals surface area contributed by atoms with Crippen LogP contribution in [0.1, 0.15) is 163 Å². The number of fused-ring (bicyclic) bond motifs is 6. The van der Waals surface area contributed by atoms with E-state index in [0.29, 0.717) is 112 Å². The zero-order chi connectivity index (χ0) is 74.8. The van der Waals surface area contributed by atoms with E-state index < -0.39 is 0 Å². The van der Waals surface area contributed by atoms with Gasteiger partial charge in [-0.25, -0.2) is 0 Å². The third kappa shape index (κ3) is 21.6. The summed E-state index contributed by atoms with van der Waals surface area (Å²) in [7, 11) is 0. The largest absolute Gasteiger partial charge is 0.299 e. The highest BCUT2D eigenvalue weighted by Gasteiger charge is 2.26. The second-order valence-electron chi connectivity index (χ2n) is 27.4. The molecule has 6 aliphatic carbocycles. The summed E-state index contributed by atoms with van der Waals surface area (Å²) in [5.41, 5.74) is 23.6. The van der Waals surface area contributed by atoms with E-state index in [1.807, 2.05) is 146 Å². The fourth-order valence-electron chi connectivity index (χ4n) is 14.4. The molecule has 6 nitrogen and oxygen atoms in total. The molecule has 16 rings (SSSR count). The number of Topliss-reactive ketones (excluding diaryl/α,β-unsaturated/α-hetero) is 6. The summed E-state index contributed by atoms with van der Waals surface area (Å²) in [5.74, 6) is 2.21. The molecule has 0 heterocycles. The summed E-state index contributed by atoms with van der Waals surface area (Å²) in [6.45, 7) is 2.19. The molecule has 0 bridgehead atoms. The predicted molar refractivity (Wildman–Crippen MR) is 445 cm³/mol. The predicted octanol–water partition coefficient (Wildman–Crippen LogP) is 24.2. The zero-order valence-corrected chi connectivity index (χ0v) is 66.7. The lowest BCUT2D eigenvalue weighted by Crippen LogP contribution is -2.16. The molecular formula is C92H80Br2Cl6O6.